The van der Waals surface area contributed by atoms with E-state index in [0.29, 0.717) is 6.04 Å². The van der Waals surface area contributed by atoms with E-state index in [1.165, 1.54) is 44.9 Å². The summed E-state index contributed by atoms with van der Waals surface area (Å²) in [5.74, 6) is 1.05. The van der Waals surface area contributed by atoms with E-state index in [2.05, 4.69) is 21.2 Å². The van der Waals surface area contributed by atoms with Crippen LogP contribution in [0.3, 0.4) is 0 Å². The van der Waals surface area contributed by atoms with Crippen LogP contribution >= 0.6 is 12.2 Å². The lowest BCUT2D eigenvalue weighted by Gasteiger charge is -2.29. The first-order valence-corrected chi connectivity index (χ1v) is 10.0. The quantitative estimate of drug-likeness (QED) is 0.840. The van der Waals surface area contributed by atoms with Crippen LogP contribution in [-0.2, 0) is 6.54 Å². The fourth-order valence-electron chi connectivity index (χ4n) is 3.82. The summed E-state index contributed by atoms with van der Waals surface area (Å²) in [6.45, 7) is 5.15. The van der Waals surface area contributed by atoms with Crippen LogP contribution in [0.2, 0.25) is 0 Å². The van der Waals surface area contributed by atoms with Gasteiger partial charge in [-0.1, -0.05) is 32.1 Å². The summed E-state index contributed by atoms with van der Waals surface area (Å²) in [6.07, 6.45) is 12.3. The largest absolute Gasteiger partial charge is 0.468 e. The molecule has 2 heterocycles. The molecule has 1 saturated heterocycles. The van der Waals surface area contributed by atoms with Gasteiger partial charge in [0, 0.05) is 32.2 Å². The molecular weight excluding hydrogens is 318 g/mol. The maximum absolute atomic E-state index is 5.73. The molecule has 0 radical (unpaired) electrons. The van der Waals surface area contributed by atoms with Gasteiger partial charge >= 0.3 is 0 Å². The van der Waals surface area contributed by atoms with Crippen LogP contribution in [0.5, 0.6) is 0 Å². The van der Waals surface area contributed by atoms with E-state index >= 15 is 0 Å². The molecule has 0 spiro atoms. The Bertz CT molecular complexity index is 483. The average Bonchev–Trinajstić information content (AvgIpc) is 2.94. The lowest BCUT2D eigenvalue weighted by atomic mass is 9.97. The molecule has 1 aromatic heterocycles. The van der Waals surface area contributed by atoms with Gasteiger partial charge in [0.1, 0.15) is 5.76 Å². The minimum absolute atomic E-state index is 0.584. The zero-order valence-corrected chi connectivity index (χ0v) is 15.5. The summed E-state index contributed by atoms with van der Waals surface area (Å²) in [7, 11) is 0. The molecule has 3 rings (SSSR count). The molecule has 1 aromatic rings. The molecule has 0 amide bonds. The van der Waals surface area contributed by atoms with Crippen molar-refractivity contribution in [2.75, 3.05) is 26.2 Å². The number of rotatable bonds is 3. The Kier molecular flexibility index (Phi) is 6.97. The summed E-state index contributed by atoms with van der Waals surface area (Å²) in [4.78, 5) is 4.84. The van der Waals surface area contributed by atoms with Crippen molar-refractivity contribution in [3.63, 3.8) is 0 Å². The second-order valence-corrected chi connectivity index (χ2v) is 7.57. The molecule has 5 heteroatoms. The molecule has 2 fully saturated rings. The molecule has 4 nitrogen and oxygen atoms in total. The van der Waals surface area contributed by atoms with Crippen LogP contribution in [0.4, 0.5) is 0 Å². The molecular formula is C19H31N3OS. The Morgan fingerprint density at radius 2 is 1.83 bits per heavy atom. The smallest absolute Gasteiger partial charge is 0.169 e. The zero-order chi connectivity index (χ0) is 16.6. The summed E-state index contributed by atoms with van der Waals surface area (Å²) < 4.78 is 5.48. The van der Waals surface area contributed by atoms with Gasteiger partial charge in [-0.25, -0.2) is 0 Å². The first kappa shape index (κ1) is 17.7. The van der Waals surface area contributed by atoms with E-state index in [0.717, 1.165) is 50.0 Å². The Morgan fingerprint density at radius 1 is 1.04 bits per heavy atom. The third-order valence-corrected chi connectivity index (χ3v) is 5.64. The third-order valence-electron chi connectivity index (χ3n) is 5.27. The summed E-state index contributed by atoms with van der Waals surface area (Å²) >= 11 is 5.73. The van der Waals surface area contributed by atoms with Crippen molar-refractivity contribution in [2.45, 2.75) is 64.0 Å². The van der Waals surface area contributed by atoms with E-state index < -0.39 is 0 Å². The van der Waals surface area contributed by atoms with E-state index in [9.17, 15) is 0 Å². The van der Waals surface area contributed by atoms with E-state index in [1.807, 2.05) is 6.07 Å². The normalized spacial score (nSPS) is 21.8. The van der Waals surface area contributed by atoms with Crippen molar-refractivity contribution in [1.82, 2.24) is 15.1 Å². The van der Waals surface area contributed by atoms with Crippen LogP contribution in [0.15, 0.2) is 22.8 Å². The van der Waals surface area contributed by atoms with Gasteiger partial charge in [-0.15, -0.1) is 0 Å². The lowest BCUT2D eigenvalue weighted by Crippen LogP contribution is -2.46. The summed E-state index contributed by atoms with van der Waals surface area (Å²) in [5.41, 5.74) is 0. The fraction of sp³-hybridized carbons (Fsp3) is 0.737. The van der Waals surface area contributed by atoms with Gasteiger partial charge in [0.05, 0.1) is 12.8 Å². The van der Waals surface area contributed by atoms with Crippen LogP contribution < -0.4 is 5.32 Å². The molecule has 1 saturated carbocycles. The molecule has 2 aliphatic rings. The number of nitrogens with one attached hydrogen (secondary N) is 1. The Labute approximate surface area is 151 Å². The molecule has 1 N–H and O–H groups in total. The number of nitrogens with zero attached hydrogens (tertiary/aromatic N) is 2. The topological polar surface area (TPSA) is 31.6 Å². The highest BCUT2D eigenvalue weighted by Crippen LogP contribution is 2.17. The van der Waals surface area contributed by atoms with E-state index in [1.54, 1.807) is 6.26 Å². The predicted molar refractivity (Wildman–Crippen MR) is 102 cm³/mol. The molecule has 0 aromatic carbocycles. The molecule has 0 atom stereocenters. The first-order chi connectivity index (χ1) is 11.8. The predicted octanol–water partition coefficient (Wildman–Crippen LogP) is 3.77. The van der Waals surface area contributed by atoms with Crippen LogP contribution in [0, 0.1) is 0 Å². The fourth-order valence-corrected chi connectivity index (χ4v) is 4.17. The van der Waals surface area contributed by atoms with Crippen LogP contribution in [0.1, 0.15) is 57.1 Å². The monoisotopic (exact) mass is 349 g/mol. The van der Waals surface area contributed by atoms with Crippen molar-refractivity contribution in [1.29, 1.82) is 0 Å². The number of hydrogen-bond acceptors (Lipinski definition) is 3. The Balaban J connectivity index is 1.45. The van der Waals surface area contributed by atoms with Gasteiger partial charge in [0.2, 0.25) is 0 Å². The minimum Gasteiger partial charge on any atom is -0.468 e. The maximum atomic E-state index is 5.73. The molecule has 134 valence electrons. The van der Waals surface area contributed by atoms with Gasteiger partial charge in [-0.3, -0.25) is 4.90 Å². The second kappa shape index (κ2) is 9.42. The van der Waals surface area contributed by atoms with Crippen LogP contribution in [-0.4, -0.2) is 47.1 Å². The van der Waals surface area contributed by atoms with Gasteiger partial charge in [-0.05, 0) is 43.6 Å². The summed E-state index contributed by atoms with van der Waals surface area (Å²) in [6, 6.07) is 4.61. The highest BCUT2D eigenvalue weighted by molar-refractivity contribution is 7.80. The summed E-state index contributed by atoms with van der Waals surface area (Å²) in [5, 5.41) is 4.64. The maximum Gasteiger partial charge on any atom is 0.169 e. The molecule has 24 heavy (non-hydrogen) atoms. The highest BCUT2D eigenvalue weighted by atomic mass is 32.1. The van der Waals surface area contributed by atoms with Crippen molar-refractivity contribution in [3.8, 4) is 0 Å². The number of thiocarbonyl (C=S) groups is 1. The Morgan fingerprint density at radius 3 is 2.58 bits per heavy atom. The lowest BCUT2D eigenvalue weighted by molar-refractivity contribution is 0.254. The van der Waals surface area contributed by atoms with Crippen molar-refractivity contribution in [2.24, 2.45) is 0 Å². The molecule has 1 aliphatic heterocycles. The zero-order valence-electron chi connectivity index (χ0n) is 14.7. The van der Waals surface area contributed by atoms with Crippen molar-refractivity contribution < 1.29 is 4.42 Å². The van der Waals surface area contributed by atoms with Gasteiger partial charge in [0.15, 0.2) is 5.11 Å². The number of hydrogen-bond donors (Lipinski definition) is 1. The molecule has 0 bridgehead atoms. The molecule has 0 unspecified atom stereocenters. The number of furan rings is 1. The van der Waals surface area contributed by atoms with Crippen molar-refractivity contribution >= 4 is 17.3 Å². The standard InChI is InChI=1S/C19H31N3OS/c24-19(20-17-8-4-2-1-3-5-9-17)22-12-7-11-21(13-14-22)16-18-10-6-15-23-18/h6,10,15,17H,1-5,7-9,11-14,16H2,(H,20,24). The second-order valence-electron chi connectivity index (χ2n) is 7.19. The van der Waals surface area contributed by atoms with E-state index in [4.69, 9.17) is 16.6 Å². The molecule has 1 aliphatic carbocycles. The SMILES string of the molecule is S=C(NC1CCCCCCC1)N1CCCN(Cc2ccco2)CC1. The van der Waals surface area contributed by atoms with Crippen molar-refractivity contribution in [3.05, 3.63) is 24.2 Å². The average molecular weight is 350 g/mol. The van der Waals surface area contributed by atoms with Gasteiger partial charge in [-0.2, -0.15) is 0 Å². The van der Waals surface area contributed by atoms with Crippen LogP contribution in [0.25, 0.3) is 0 Å². The Hall–Kier alpha value is -1.07. The minimum atomic E-state index is 0.584. The third kappa shape index (κ3) is 5.49. The van der Waals surface area contributed by atoms with Gasteiger partial charge < -0.3 is 14.6 Å². The van der Waals surface area contributed by atoms with E-state index in [-0.39, 0.29) is 0 Å². The highest BCUT2D eigenvalue weighted by Gasteiger charge is 2.20. The van der Waals surface area contributed by atoms with Gasteiger partial charge in [0.25, 0.3) is 0 Å². The first-order valence-electron chi connectivity index (χ1n) is 9.61.